The second-order valence-corrected chi connectivity index (χ2v) is 6.89. The van der Waals surface area contributed by atoms with Crippen LogP contribution in [0.25, 0.3) is 5.52 Å². The summed E-state index contributed by atoms with van der Waals surface area (Å²) in [6.07, 6.45) is 1.73. The molecule has 4 rings (SSSR count). The van der Waals surface area contributed by atoms with Crippen LogP contribution in [0.3, 0.4) is 0 Å². The van der Waals surface area contributed by atoms with Crippen molar-refractivity contribution < 1.29 is 14.3 Å². The van der Waals surface area contributed by atoms with Crippen molar-refractivity contribution in [2.45, 2.75) is 6.54 Å². The van der Waals surface area contributed by atoms with Crippen molar-refractivity contribution >= 4 is 28.9 Å². The number of carbonyl (C=O) groups is 2. The molecule has 7 nitrogen and oxygen atoms in total. The van der Waals surface area contributed by atoms with E-state index in [0.29, 0.717) is 43.4 Å². The Hall–Kier alpha value is -2.90. The molecule has 28 heavy (non-hydrogen) atoms. The number of aromatic nitrogens is 2. The molecule has 1 aliphatic heterocycles. The van der Waals surface area contributed by atoms with Crippen molar-refractivity contribution in [3.8, 4) is 0 Å². The number of imidazole rings is 1. The first kappa shape index (κ1) is 18.5. The van der Waals surface area contributed by atoms with Gasteiger partial charge in [0.15, 0.2) is 5.69 Å². The standard InChI is InChI=1S/C20H19ClN4O3/c21-15-6-4-14(5-7-15)13-22-19(26)18-23-17(16-3-1-2-8-25(16)18)20(27)24-9-11-28-12-10-24/h1-8H,9-13H2,(H,22,26). The van der Waals surface area contributed by atoms with Gasteiger partial charge in [0.25, 0.3) is 11.8 Å². The lowest BCUT2D eigenvalue weighted by atomic mass is 10.2. The Morgan fingerprint density at radius 2 is 1.86 bits per heavy atom. The highest BCUT2D eigenvalue weighted by atomic mass is 35.5. The first-order valence-corrected chi connectivity index (χ1v) is 9.38. The van der Waals surface area contributed by atoms with Crippen molar-refractivity contribution in [3.05, 3.63) is 70.8 Å². The molecule has 1 aliphatic rings. The first-order valence-electron chi connectivity index (χ1n) is 9.00. The van der Waals surface area contributed by atoms with Crippen LogP contribution >= 0.6 is 11.6 Å². The zero-order chi connectivity index (χ0) is 19.5. The van der Waals surface area contributed by atoms with Crippen LogP contribution < -0.4 is 5.32 Å². The van der Waals surface area contributed by atoms with Crippen LogP contribution in [0.4, 0.5) is 0 Å². The average Bonchev–Trinajstić information content (AvgIpc) is 3.13. The topological polar surface area (TPSA) is 75.9 Å². The number of amides is 2. The predicted octanol–water partition coefficient (Wildman–Crippen LogP) is 2.39. The summed E-state index contributed by atoms with van der Waals surface area (Å²) in [5.74, 6) is -0.359. The van der Waals surface area contributed by atoms with Gasteiger partial charge in [0, 0.05) is 30.9 Å². The smallest absolute Gasteiger partial charge is 0.287 e. The van der Waals surface area contributed by atoms with Crippen molar-refractivity contribution in [2.24, 2.45) is 0 Å². The van der Waals surface area contributed by atoms with Gasteiger partial charge in [-0.05, 0) is 29.8 Å². The Morgan fingerprint density at radius 1 is 1.11 bits per heavy atom. The second-order valence-electron chi connectivity index (χ2n) is 6.45. The van der Waals surface area contributed by atoms with Crippen LogP contribution in [-0.4, -0.2) is 52.4 Å². The molecule has 3 aromatic rings. The highest BCUT2D eigenvalue weighted by Crippen LogP contribution is 2.17. The van der Waals surface area contributed by atoms with E-state index >= 15 is 0 Å². The SMILES string of the molecule is O=C(NCc1ccc(Cl)cc1)c1nc(C(=O)N2CCOCC2)c2ccccn12. The molecule has 0 spiro atoms. The Bertz CT molecular complexity index is 1010. The molecule has 0 saturated carbocycles. The number of halogens is 1. The largest absolute Gasteiger partial charge is 0.378 e. The number of hydrogen-bond acceptors (Lipinski definition) is 4. The van der Waals surface area contributed by atoms with E-state index in [9.17, 15) is 9.59 Å². The summed E-state index contributed by atoms with van der Waals surface area (Å²) >= 11 is 5.89. The minimum atomic E-state index is -0.350. The molecule has 2 aromatic heterocycles. The van der Waals surface area contributed by atoms with Crippen molar-refractivity contribution in [2.75, 3.05) is 26.3 Å². The number of pyridine rings is 1. The van der Waals surface area contributed by atoms with Gasteiger partial charge in [-0.2, -0.15) is 0 Å². The summed E-state index contributed by atoms with van der Waals surface area (Å²) in [6, 6.07) is 12.6. The maximum Gasteiger partial charge on any atom is 0.287 e. The molecule has 144 valence electrons. The summed E-state index contributed by atoms with van der Waals surface area (Å²) in [5, 5.41) is 3.49. The molecule has 0 aliphatic carbocycles. The molecule has 1 aromatic carbocycles. The predicted molar refractivity (Wildman–Crippen MR) is 105 cm³/mol. The number of nitrogens with zero attached hydrogens (tertiary/aromatic N) is 3. The van der Waals surface area contributed by atoms with E-state index in [1.165, 1.54) is 0 Å². The lowest BCUT2D eigenvalue weighted by Crippen LogP contribution is -2.41. The Kier molecular flexibility index (Phi) is 5.27. The van der Waals surface area contributed by atoms with Gasteiger partial charge < -0.3 is 15.0 Å². The van der Waals surface area contributed by atoms with E-state index in [-0.39, 0.29) is 23.3 Å². The second kappa shape index (κ2) is 8.00. The minimum Gasteiger partial charge on any atom is -0.378 e. The molecule has 0 atom stereocenters. The molecular formula is C20H19ClN4O3. The summed E-state index contributed by atoms with van der Waals surface area (Å²) in [6.45, 7) is 2.38. The summed E-state index contributed by atoms with van der Waals surface area (Å²) < 4.78 is 6.95. The minimum absolute atomic E-state index is 0.182. The Morgan fingerprint density at radius 3 is 2.61 bits per heavy atom. The van der Waals surface area contributed by atoms with Gasteiger partial charge in [-0.25, -0.2) is 4.98 Å². The summed E-state index contributed by atoms with van der Waals surface area (Å²) in [7, 11) is 0. The summed E-state index contributed by atoms with van der Waals surface area (Å²) in [5.41, 5.74) is 1.80. The highest BCUT2D eigenvalue weighted by molar-refractivity contribution is 6.30. The third kappa shape index (κ3) is 3.72. The molecule has 1 fully saturated rings. The molecule has 0 bridgehead atoms. The van der Waals surface area contributed by atoms with Gasteiger partial charge in [0.05, 0.1) is 18.7 Å². The van der Waals surface area contributed by atoms with Crippen LogP contribution in [0.2, 0.25) is 5.02 Å². The highest BCUT2D eigenvalue weighted by Gasteiger charge is 2.26. The van der Waals surface area contributed by atoms with Gasteiger partial charge in [0.1, 0.15) is 0 Å². The molecule has 1 N–H and O–H groups in total. The van der Waals surface area contributed by atoms with Crippen LogP contribution in [0.1, 0.15) is 26.7 Å². The first-order chi connectivity index (χ1) is 13.6. The maximum atomic E-state index is 12.9. The van der Waals surface area contributed by atoms with E-state index in [4.69, 9.17) is 16.3 Å². The molecule has 8 heteroatoms. The fourth-order valence-electron chi connectivity index (χ4n) is 3.14. The molecular weight excluding hydrogens is 380 g/mol. The van der Waals surface area contributed by atoms with Crippen LogP contribution in [0.5, 0.6) is 0 Å². The van der Waals surface area contributed by atoms with E-state index in [1.807, 2.05) is 18.2 Å². The van der Waals surface area contributed by atoms with E-state index in [0.717, 1.165) is 5.56 Å². The van der Waals surface area contributed by atoms with Crippen LogP contribution in [0.15, 0.2) is 48.7 Å². The molecule has 0 radical (unpaired) electrons. The Balaban J connectivity index is 1.59. The third-order valence-corrected chi connectivity index (χ3v) is 4.87. The molecule has 3 heterocycles. The van der Waals surface area contributed by atoms with Gasteiger partial charge in [0.2, 0.25) is 5.82 Å². The average molecular weight is 399 g/mol. The lowest BCUT2D eigenvalue weighted by molar-refractivity contribution is 0.0300. The monoisotopic (exact) mass is 398 g/mol. The number of ether oxygens (including phenoxy) is 1. The van der Waals surface area contributed by atoms with E-state index < -0.39 is 0 Å². The van der Waals surface area contributed by atoms with Gasteiger partial charge in [-0.3, -0.25) is 14.0 Å². The zero-order valence-corrected chi connectivity index (χ0v) is 15.9. The van der Waals surface area contributed by atoms with Gasteiger partial charge >= 0.3 is 0 Å². The number of carbonyl (C=O) groups excluding carboxylic acids is 2. The normalized spacial score (nSPS) is 14.2. The summed E-state index contributed by atoms with van der Waals surface area (Å²) in [4.78, 5) is 31.7. The number of morpholine rings is 1. The third-order valence-electron chi connectivity index (χ3n) is 4.62. The van der Waals surface area contributed by atoms with Crippen LogP contribution in [0, 0.1) is 0 Å². The number of benzene rings is 1. The lowest BCUT2D eigenvalue weighted by Gasteiger charge is -2.26. The number of nitrogens with one attached hydrogen (secondary N) is 1. The Labute approximate surface area is 166 Å². The van der Waals surface area contributed by atoms with Crippen molar-refractivity contribution in [3.63, 3.8) is 0 Å². The van der Waals surface area contributed by atoms with Crippen molar-refractivity contribution in [1.82, 2.24) is 19.6 Å². The quantitative estimate of drug-likeness (QED) is 0.732. The zero-order valence-electron chi connectivity index (χ0n) is 15.1. The fourth-order valence-corrected chi connectivity index (χ4v) is 3.26. The molecule has 0 unspecified atom stereocenters. The molecule has 1 saturated heterocycles. The number of rotatable bonds is 4. The van der Waals surface area contributed by atoms with E-state index in [2.05, 4.69) is 10.3 Å². The van der Waals surface area contributed by atoms with E-state index in [1.54, 1.807) is 39.8 Å². The van der Waals surface area contributed by atoms with Gasteiger partial charge in [-0.1, -0.05) is 29.8 Å². The van der Waals surface area contributed by atoms with Gasteiger partial charge in [-0.15, -0.1) is 0 Å². The van der Waals surface area contributed by atoms with Crippen molar-refractivity contribution in [1.29, 1.82) is 0 Å². The number of fused-ring (bicyclic) bond motifs is 1. The number of hydrogen-bond donors (Lipinski definition) is 1. The molecule has 2 amide bonds. The fraction of sp³-hybridized carbons (Fsp3) is 0.250. The van der Waals surface area contributed by atoms with Crippen LogP contribution in [-0.2, 0) is 11.3 Å². The maximum absolute atomic E-state index is 12.9.